The van der Waals surface area contributed by atoms with Crippen LogP contribution in [-0.2, 0) is 10.8 Å². The van der Waals surface area contributed by atoms with Crippen LogP contribution in [0.3, 0.4) is 0 Å². The molecule has 4 atom stereocenters. The van der Waals surface area contributed by atoms with Gasteiger partial charge in [-0.05, 0) is 73.1 Å². The number of rotatable bonds is 7. The van der Waals surface area contributed by atoms with Crippen molar-refractivity contribution in [2.24, 2.45) is 10.9 Å². The minimum absolute atomic E-state index is 0.00988. The van der Waals surface area contributed by atoms with Gasteiger partial charge in [0.1, 0.15) is 16.6 Å². The molecule has 40 heavy (non-hydrogen) atoms. The van der Waals surface area contributed by atoms with Crippen LogP contribution >= 0.6 is 11.6 Å². The van der Waals surface area contributed by atoms with Gasteiger partial charge >= 0.3 is 0 Å². The topological polar surface area (TPSA) is 68.7 Å². The van der Waals surface area contributed by atoms with Gasteiger partial charge in [-0.3, -0.25) is 18.6 Å². The average molecular weight is 581 g/mol. The number of fused-ring (bicyclic) bond motifs is 1. The quantitative estimate of drug-likeness (QED) is 0.230. The molecule has 0 bridgehead atoms. The van der Waals surface area contributed by atoms with E-state index in [-0.39, 0.29) is 38.9 Å². The van der Waals surface area contributed by atoms with Crippen LogP contribution in [0.2, 0.25) is 5.02 Å². The van der Waals surface area contributed by atoms with Crippen molar-refractivity contribution in [2.45, 2.75) is 37.5 Å². The van der Waals surface area contributed by atoms with Gasteiger partial charge in [-0.25, -0.2) is 13.3 Å². The van der Waals surface area contributed by atoms with Crippen molar-refractivity contribution in [3.8, 4) is 0 Å². The second-order valence-electron chi connectivity index (χ2n) is 9.81. The van der Waals surface area contributed by atoms with Crippen molar-refractivity contribution in [1.82, 2.24) is 14.2 Å². The number of pyridine rings is 2. The molecule has 4 unspecified atom stereocenters. The van der Waals surface area contributed by atoms with Gasteiger partial charge in [0.05, 0.1) is 27.4 Å². The molecule has 0 spiro atoms. The van der Waals surface area contributed by atoms with Gasteiger partial charge < -0.3 is 0 Å². The summed E-state index contributed by atoms with van der Waals surface area (Å²) in [5, 5.41) is 4.32. The number of hydrogen-bond acceptors (Lipinski definition) is 4. The second kappa shape index (κ2) is 11.1. The first-order chi connectivity index (χ1) is 19.1. The fraction of sp³-hybridized carbons (Fsp3) is 0.233. The molecule has 1 aliphatic rings. The normalized spacial score (nSPS) is 20.4. The number of hydrogen-bond donors (Lipinski definition) is 0. The highest BCUT2D eigenvalue weighted by atomic mass is 35.5. The minimum Gasteiger partial charge on any atom is -0.284 e. The van der Waals surface area contributed by atoms with Crippen molar-refractivity contribution in [3.63, 3.8) is 0 Å². The summed E-state index contributed by atoms with van der Waals surface area (Å²) in [5.41, 5.74) is 2.18. The third-order valence-corrected chi connectivity index (χ3v) is 8.61. The average Bonchev–Trinajstić information content (AvgIpc) is 3.35. The van der Waals surface area contributed by atoms with Crippen LogP contribution in [0.1, 0.15) is 48.1 Å². The number of nitrogens with zero attached hydrogens (tertiary/aromatic N) is 4. The lowest BCUT2D eigenvalue weighted by Crippen LogP contribution is -2.21. The highest BCUT2D eigenvalue weighted by molar-refractivity contribution is 7.84. The van der Waals surface area contributed by atoms with E-state index in [0.717, 1.165) is 21.8 Å². The van der Waals surface area contributed by atoms with E-state index in [4.69, 9.17) is 11.6 Å². The van der Waals surface area contributed by atoms with E-state index in [9.17, 15) is 9.00 Å². The lowest BCUT2D eigenvalue weighted by Gasteiger charge is -2.12. The molecular weight excluding hydrogens is 554 g/mol. The molecule has 0 aliphatic heterocycles. The van der Waals surface area contributed by atoms with Crippen LogP contribution in [0.4, 0.5) is 8.78 Å². The monoisotopic (exact) mass is 580 g/mol. The molecule has 3 heterocycles. The second-order valence-corrected chi connectivity index (χ2v) is 11.5. The van der Waals surface area contributed by atoms with E-state index < -0.39 is 28.0 Å². The molecule has 1 saturated carbocycles. The maximum absolute atomic E-state index is 15.7. The zero-order chi connectivity index (χ0) is 28.7. The largest absolute Gasteiger partial charge is 0.284 e. The van der Waals surface area contributed by atoms with Gasteiger partial charge in [0, 0.05) is 36.1 Å². The molecule has 6 nitrogen and oxygen atoms in total. The van der Waals surface area contributed by atoms with E-state index in [1.54, 1.807) is 32.2 Å². The van der Waals surface area contributed by atoms with Gasteiger partial charge in [0.2, 0.25) is 0 Å². The first kappa shape index (κ1) is 27.9. The standard InChI is InChI=1S/C30H27ClF2N4O2S/c1-5-12-34-29(21-7-6-8-24(28(21)33)40(4)39)23(32)16-36-17(2)14-22(27(31)30(36)38)26-18(3)25(26)19-9-10-20-11-13-35-37(20)15-19/h5-16,18,25-26H,1-4H3/b12-5+,23-16-,34-29+. The van der Waals surface area contributed by atoms with Crippen LogP contribution in [-0.4, -0.2) is 30.4 Å². The van der Waals surface area contributed by atoms with Crippen molar-refractivity contribution < 1.29 is 13.0 Å². The molecule has 4 aromatic rings. The molecule has 1 fully saturated rings. The molecule has 0 radical (unpaired) electrons. The van der Waals surface area contributed by atoms with Gasteiger partial charge in [-0.2, -0.15) is 5.10 Å². The lowest BCUT2D eigenvalue weighted by atomic mass is 10.1. The fourth-order valence-corrected chi connectivity index (χ4v) is 6.13. The summed E-state index contributed by atoms with van der Waals surface area (Å²) < 4.78 is 45.8. The Morgan fingerprint density at radius 3 is 2.70 bits per heavy atom. The Bertz CT molecular complexity index is 1810. The van der Waals surface area contributed by atoms with Crippen LogP contribution in [0.5, 0.6) is 0 Å². The summed E-state index contributed by atoms with van der Waals surface area (Å²) in [6.07, 6.45) is 8.91. The number of benzene rings is 1. The van der Waals surface area contributed by atoms with Gasteiger partial charge in [0.15, 0.2) is 5.83 Å². The Labute approximate surface area is 237 Å². The van der Waals surface area contributed by atoms with E-state index in [0.29, 0.717) is 11.3 Å². The fourth-order valence-electron chi connectivity index (χ4n) is 5.23. The van der Waals surface area contributed by atoms with Crippen LogP contribution in [0.25, 0.3) is 11.7 Å². The Balaban J connectivity index is 1.53. The predicted octanol–water partition coefficient (Wildman–Crippen LogP) is 6.64. The third-order valence-electron chi connectivity index (χ3n) is 7.30. The van der Waals surface area contributed by atoms with Crippen molar-refractivity contribution in [2.75, 3.05) is 6.26 Å². The predicted molar refractivity (Wildman–Crippen MR) is 156 cm³/mol. The molecule has 1 aliphatic carbocycles. The van der Waals surface area contributed by atoms with Crippen LogP contribution in [0.15, 0.2) is 87.6 Å². The molecule has 0 amide bonds. The molecule has 0 N–H and O–H groups in total. The van der Waals surface area contributed by atoms with E-state index in [2.05, 4.69) is 23.1 Å². The summed E-state index contributed by atoms with van der Waals surface area (Å²) in [5.74, 6) is -1.36. The summed E-state index contributed by atoms with van der Waals surface area (Å²) in [6, 6.07) is 12.0. The van der Waals surface area contributed by atoms with Crippen LogP contribution in [0, 0.1) is 18.7 Å². The number of allylic oxidation sites excluding steroid dienone is 2. The summed E-state index contributed by atoms with van der Waals surface area (Å²) in [7, 11) is -1.63. The molecule has 5 rings (SSSR count). The van der Waals surface area contributed by atoms with E-state index in [1.165, 1.54) is 30.7 Å². The Hall–Kier alpha value is -3.69. The zero-order valence-electron chi connectivity index (χ0n) is 22.3. The maximum Gasteiger partial charge on any atom is 0.273 e. The minimum atomic E-state index is -1.63. The molecule has 3 aromatic heterocycles. The van der Waals surface area contributed by atoms with Gasteiger partial charge in [-0.1, -0.05) is 36.7 Å². The number of halogens is 3. The summed E-state index contributed by atoms with van der Waals surface area (Å²) in [6.45, 7) is 5.48. The Kier molecular flexibility index (Phi) is 7.70. The molecule has 1 aromatic carbocycles. The summed E-state index contributed by atoms with van der Waals surface area (Å²) >= 11 is 6.61. The Morgan fingerprint density at radius 2 is 1.98 bits per heavy atom. The summed E-state index contributed by atoms with van der Waals surface area (Å²) in [4.78, 5) is 17.4. The molecule has 10 heteroatoms. The zero-order valence-corrected chi connectivity index (χ0v) is 23.9. The van der Waals surface area contributed by atoms with E-state index in [1.807, 2.05) is 22.8 Å². The first-order valence-electron chi connectivity index (χ1n) is 12.7. The Morgan fingerprint density at radius 1 is 1.20 bits per heavy atom. The molecule has 0 saturated heterocycles. The van der Waals surface area contributed by atoms with Crippen molar-refractivity contribution in [1.29, 1.82) is 0 Å². The highest BCUT2D eigenvalue weighted by Crippen LogP contribution is 2.61. The number of aliphatic imine (C=N–C) groups is 1. The maximum atomic E-state index is 15.7. The van der Waals surface area contributed by atoms with E-state index >= 15 is 8.78 Å². The lowest BCUT2D eigenvalue weighted by molar-refractivity contribution is 0.591. The smallest absolute Gasteiger partial charge is 0.273 e. The van der Waals surface area contributed by atoms with Crippen molar-refractivity contribution in [3.05, 3.63) is 117 Å². The first-order valence-corrected chi connectivity index (χ1v) is 14.6. The molecular formula is C30H27ClF2N4O2S. The SMILES string of the molecule is C/C=C/N=C(/C(F)=C/n1c(C)cc(C2C(C)C2c2ccc3ccnn3c2)c(Cl)c1=O)c1cccc(S(C)=O)c1F. The van der Waals surface area contributed by atoms with Crippen LogP contribution < -0.4 is 5.56 Å². The molecule has 206 valence electrons. The van der Waals surface area contributed by atoms with Gasteiger partial charge in [0.25, 0.3) is 5.56 Å². The third kappa shape index (κ3) is 4.99. The van der Waals surface area contributed by atoms with Crippen molar-refractivity contribution >= 4 is 39.8 Å². The number of aryl methyl sites for hydroxylation is 1. The number of aromatic nitrogens is 3. The highest BCUT2D eigenvalue weighted by Gasteiger charge is 2.50. The van der Waals surface area contributed by atoms with Gasteiger partial charge in [-0.15, -0.1) is 0 Å².